The molecule has 1 fully saturated rings. The summed E-state index contributed by atoms with van der Waals surface area (Å²) in [7, 11) is 0. The zero-order valence-electron chi connectivity index (χ0n) is 17.2. The number of hydrogen-bond donors (Lipinski definition) is 0. The largest absolute Gasteiger partial charge is 0.454 e. The van der Waals surface area contributed by atoms with Crippen molar-refractivity contribution in [2.45, 2.75) is 38.8 Å². The highest BCUT2D eigenvalue weighted by atomic mass is 16.7. The van der Waals surface area contributed by atoms with Crippen LogP contribution in [0.4, 0.5) is 0 Å². The maximum atomic E-state index is 5.51. The molecule has 0 spiro atoms. The van der Waals surface area contributed by atoms with E-state index >= 15 is 0 Å². The first-order valence-corrected chi connectivity index (χ1v) is 10.5. The van der Waals surface area contributed by atoms with Gasteiger partial charge < -0.3 is 9.47 Å². The number of unbranched alkanes of at least 4 members (excludes halogenated alkanes) is 1. The highest BCUT2D eigenvalue weighted by Gasteiger charge is 2.28. The van der Waals surface area contributed by atoms with Crippen LogP contribution in [0.5, 0.6) is 11.5 Å². The summed E-state index contributed by atoms with van der Waals surface area (Å²) in [6, 6.07) is 6.26. The highest BCUT2D eigenvalue weighted by Crippen LogP contribution is 2.33. The van der Waals surface area contributed by atoms with Gasteiger partial charge in [0.05, 0.1) is 12.6 Å². The summed E-state index contributed by atoms with van der Waals surface area (Å²) in [5.74, 6) is 2.54. The Hall–Kier alpha value is -2.45. The molecule has 0 radical (unpaired) electrons. The zero-order chi connectivity index (χ0) is 20.1. The second-order valence-corrected chi connectivity index (χ2v) is 7.67. The number of nitrogens with zero attached hydrogens (tertiary/aromatic N) is 6. The van der Waals surface area contributed by atoms with Crippen molar-refractivity contribution in [3.05, 3.63) is 42.2 Å². The molecule has 1 saturated heterocycles. The third-order valence-electron chi connectivity index (χ3n) is 5.69. The van der Waals surface area contributed by atoms with Crippen molar-refractivity contribution in [3.8, 4) is 11.5 Å². The molecule has 1 unspecified atom stereocenters. The number of tetrazole rings is 1. The van der Waals surface area contributed by atoms with E-state index in [0.717, 1.165) is 74.9 Å². The molecule has 156 valence electrons. The summed E-state index contributed by atoms with van der Waals surface area (Å²) in [5, 5.41) is 12.8. The number of hydrogen-bond acceptors (Lipinski definition) is 7. The van der Waals surface area contributed by atoms with Gasteiger partial charge >= 0.3 is 0 Å². The fourth-order valence-corrected chi connectivity index (χ4v) is 4.09. The quantitative estimate of drug-likeness (QED) is 0.601. The molecule has 2 aromatic rings. The van der Waals surface area contributed by atoms with E-state index in [1.165, 1.54) is 0 Å². The van der Waals surface area contributed by atoms with Crippen LogP contribution in [-0.4, -0.2) is 69.5 Å². The van der Waals surface area contributed by atoms with Gasteiger partial charge in [-0.25, -0.2) is 4.68 Å². The van der Waals surface area contributed by atoms with E-state index in [-0.39, 0.29) is 12.8 Å². The van der Waals surface area contributed by atoms with Crippen molar-refractivity contribution in [1.29, 1.82) is 0 Å². The summed E-state index contributed by atoms with van der Waals surface area (Å²) in [6.45, 7) is 12.1. The third-order valence-corrected chi connectivity index (χ3v) is 5.69. The first-order valence-electron chi connectivity index (χ1n) is 10.5. The second kappa shape index (κ2) is 9.37. The van der Waals surface area contributed by atoms with Crippen LogP contribution < -0.4 is 9.47 Å². The zero-order valence-corrected chi connectivity index (χ0v) is 17.2. The van der Waals surface area contributed by atoms with Gasteiger partial charge in [0.25, 0.3) is 0 Å². The van der Waals surface area contributed by atoms with Gasteiger partial charge in [-0.05, 0) is 34.5 Å². The Kier molecular flexibility index (Phi) is 6.41. The number of ether oxygens (including phenoxy) is 2. The van der Waals surface area contributed by atoms with Gasteiger partial charge in [-0.2, -0.15) is 0 Å². The van der Waals surface area contributed by atoms with Gasteiger partial charge in [0, 0.05) is 32.7 Å². The number of benzene rings is 1. The summed E-state index contributed by atoms with van der Waals surface area (Å²) < 4.78 is 12.9. The Morgan fingerprint density at radius 3 is 2.79 bits per heavy atom. The Bertz CT molecular complexity index is 815. The van der Waals surface area contributed by atoms with Crippen molar-refractivity contribution < 1.29 is 9.47 Å². The minimum Gasteiger partial charge on any atom is -0.454 e. The SMILES string of the molecule is C=CCN1CCN(C(CCCC)c2nnnn2Cc2ccc3c(c2)OCO3)CC1. The topological polar surface area (TPSA) is 68.5 Å². The van der Waals surface area contributed by atoms with Gasteiger partial charge in [0.1, 0.15) is 0 Å². The minimum atomic E-state index is 0.241. The van der Waals surface area contributed by atoms with E-state index in [2.05, 4.69) is 38.8 Å². The number of piperazine rings is 1. The van der Waals surface area contributed by atoms with Gasteiger partial charge in [-0.1, -0.05) is 31.9 Å². The lowest BCUT2D eigenvalue weighted by atomic mass is 10.1. The maximum Gasteiger partial charge on any atom is 0.231 e. The summed E-state index contributed by atoms with van der Waals surface area (Å²) >= 11 is 0. The molecule has 1 aromatic heterocycles. The molecule has 1 atom stereocenters. The van der Waals surface area contributed by atoms with Crippen LogP contribution >= 0.6 is 0 Å². The number of rotatable bonds is 9. The molecule has 0 N–H and O–H groups in total. The van der Waals surface area contributed by atoms with E-state index in [4.69, 9.17) is 9.47 Å². The standard InChI is InChI=1S/C21H30N6O2/c1-3-5-6-18(26-12-10-25(9-4-2)11-13-26)21-22-23-24-27(21)15-17-7-8-19-20(14-17)29-16-28-19/h4,7-8,14,18H,2-3,5-6,9-13,15-16H2,1H3. The fourth-order valence-electron chi connectivity index (χ4n) is 4.09. The van der Waals surface area contributed by atoms with E-state index in [0.29, 0.717) is 6.54 Å². The molecule has 0 aliphatic carbocycles. The summed E-state index contributed by atoms with van der Waals surface area (Å²) in [6.07, 6.45) is 5.38. The van der Waals surface area contributed by atoms with Gasteiger partial charge in [-0.15, -0.1) is 11.7 Å². The Morgan fingerprint density at radius 1 is 1.17 bits per heavy atom. The average molecular weight is 399 g/mol. The molecule has 1 aromatic carbocycles. The van der Waals surface area contributed by atoms with E-state index in [1.807, 2.05) is 29.0 Å². The monoisotopic (exact) mass is 398 g/mol. The molecule has 0 bridgehead atoms. The van der Waals surface area contributed by atoms with Crippen molar-refractivity contribution >= 4 is 0 Å². The van der Waals surface area contributed by atoms with Crippen LogP contribution in [0.1, 0.15) is 43.6 Å². The molecule has 3 heterocycles. The Balaban J connectivity index is 1.50. The molecule has 8 heteroatoms. The predicted molar refractivity (Wildman–Crippen MR) is 110 cm³/mol. The van der Waals surface area contributed by atoms with Crippen molar-refractivity contribution in [2.24, 2.45) is 0 Å². The first-order chi connectivity index (χ1) is 14.3. The molecule has 2 aliphatic rings. The van der Waals surface area contributed by atoms with Crippen LogP contribution in [0.15, 0.2) is 30.9 Å². The molecular formula is C21H30N6O2. The molecule has 0 amide bonds. The Morgan fingerprint density at radius 2 is 2.00 bits per heavy atom. The molecule has 2 aliphatic heterocycles. The van der Waals surface area contributed by atoms with Crippen molar-refractivity contribution in [2.75, 3.05) is 39.5 Å². The third kappa shape index (κ3) is 4.59. The highest BCUT2D eigenvalue weighted by molar-refractivity contribution is 5.44. The van der Waals surface area contributed by atoms with Gasteiger partial charge in [0.15, 0.2) is 17.3 Å². The Labute approximate surface area is 172 Å². The van der Waals surface area contributed by atoms with Crippen molar-refractivity contribution in [1.82, 2.24) is 30.0 Å². The fraction of sp³-hybridized carbons (Fsp3) is 0.571. The number of fused-ring (bicyclic) bond motifs is 1. The van der Waals surface area contributed by atoms with E-state index in [9.17, 15) is 0 Å². The van der Waals surface area contributed by atoms with Crippen LogP contribution in [0, 0.1) is 0 Å². The normalized spacial score (nSPS) is 18.1. The molecular weight excluding hydrogens is 368 g/mol. The second-order valence-electron chi connectivity index (χ2n) is 7.67. The molecule has 4 rings (SSSR count). The molecule has 0 saturated carbocycles. The van der Waals surface area contributed by atoms with E-state index < -0.39 is 0 Å². The van der Waals surface area contributed by atoms with Crippen LogP contribution in [0.3, 0.4) is 0 Å². The van der Waals surface area contributed by atoms with Crippen LogP contribution in [-0.2, 0) is 6.54 Å². The number of aromatic nitrogens is 4. The lowest BCUT2D eigenvalue weighted by Gasteiger charge is -2.38. The van der Waals surface area contributed by atoms with Crippen molar-refractivity contribution in [3.63, 3.8) is 0 Å². The van der Waals surface area contributed by atoms with Gasteiger partial charge in [0.2, 0.25) is 6.79 Å². The maximum absolute atomic E-state index is 5.51. The molecule has 29 heavy (non-hydrogen) atoms. The van der Waals surface area contributed by atoms with Gasteiger partial charge in [-0.3, -0.25) is 9.80 Å². The van der Waals surface area contributed by atoms with E-state index in [1.54, 1.807) is 0 Å². The predicted octanol–water partition coefficient (Wildman–Crippen LogP) is 2.49. The summed E-state index contributed by atoms with van der Waals surface area (Å²) in [4.78, 5) is 4.98. The molecule has 8 nitrogen and oxygen atoms in total. The average Bonchev–Trinajstić information content (AvgIpc) is 3.39. The lowest BCUT2D eigenvalue weighted by molar-refractivity contribution is 0.0915. The first kappa shape index (κ1) is 19.8. The van der Waals surface area contributed by atoms with Crippen LogP contribution in [0.25, 0.3) is 0 Å². The summed E-state index contributed by atoms with van der Waals surface area (Å²) in [5.41, 5.74) is 1.10. The minimum absolute atomic E-state index is 0.241. The lowest BCUT2D eigenvalue weighted by Crippen LogP contribution is -2.48. The van der Waals surface area contributed by atoms with Crippen LogP contribution in [0.2, 0.25) is 0 Å². The smallest absolute Gasteiger partial charge is 0.231 e.